The Morgan fingerprint density at radius 3 is 1.74 bits per heavy atom. The molecule has 0 aromatic heterocycles. The summed E-state index contributed by atoms with van der Waals surface area (Å²) in [5.74, 6) is 0.948. The quantitative estimate of drug-likeness (QED) is 0.284. The number of amides is 1. The topological polar surface area (TPSA) is 46.3 Å². The van der Waals surface area contributed by atoms with Crippen molar-refractivity contribution in [1.82, 2.24) is 0 Å². The maximum absolute atomic E-state index is 13.3. The second-order valence-electron chi connectivity index (χ2n) is 9.47. The summed E-state index contributed by atoms with van der Waals surface area (Å²) in [5, 5.41) is 0. The third-order valence-electron chi connectivity index (χ3n) is 7.05. The molecule has 3 aromatic carbocycles. The van der Waals surface area contributed by atoms with Crippen molar-refractivity contribution in [3.05, 3.63) is 102 Å². The predicted molar refractivity (Wildman–Crippen MR) is 172 cm³/mol. The van der Waals surface area contributed by atoms with Gasteiger partial charge in [0.1, 0.15) is 5.41 Å². The molecule has 1 heterocycles. The van der Waals surface area contributed by atoms with E-state index in [0.29, 0.717) is 13.1 Å². The van der Waals surface area contributed by atoms with Gasteiger partial charge in [-0.1, -0.05) is 147 Å². The molecule has 4 rings (SSSR count). The molecule has 2 N–H and O–H groups in total. The number of anilines is 1. The van der Waals surface area contributed by atoms with Crippen molar-refractivity contribution >= 4 is 11.6 Å². The molecule has 3 heteroatoms. The molecule has 0 fully saturated rings. The summed E-state index contributed by atoms with van der Waals surface area (Å²) in [5.41, 5.74) is 9.89. The van der Waals surface area contributed by atoms with E-state index in [1.165, 1.54) is 31.2 Å². The number of rotatable bonds is 10. The minimum absolute atomic E-state index is 0.159. The first-order chi connectivity index (χ1) is 19.1. The Morgan fingerprint density at radius 2 is 1.23 bits per heavy atom. The van der Waals surface area contributed by atoms with E-state index in [0.717, 1.165) is 35.6 Å². The number of carbonyl (C=O) groups excluding carboxylic acids is 1. The van der Waals surface area contributed by atoms with Gasteiger partial charge < -0.3 is 10.6 Å². The van der Waals surface area contributed by atoms with Crippen molar-refractivity contribution in [2.75, 3.05) is 18.0 Å². The molecule has 0 spiro atoms. The van der Waals surface area contributed by atoms with Crippen molar-refractivity contribution < 1.29 is 4.79 Å². The Hall–Kier alpha value is -2.91. The first-order valence-electron chi connectivity index (χ1n) is 15.4. The monoisotopic (exact) mass is 530 g/mol. The molecule has 1 aliphatic heterocycles. The minimum atomic E-state index is -0.568. The van der Waals surface area contributed by atoms with E-state index in [1.807, 2.05) is 69.0 Å². The van der Waals surface area contributed by atoms with Crippen LogP contribution in [-0.4, -0.2) is 19.0 Å². The van der Waals surface area contributed by atoms with Gasteiger partial charge in [-0.2, -0.15) is 0 Å². The molecule has 3 nitrogen and oxygen atoms in total. The van der Waals surface area contributed by atoms with Gasteiger partial charge in [-0.15, -0.1) is 0 Å². The summed E-state index contributed by atoms with van der Waals surface area (Å²) in [6.07, 6.45) is 7.01. The van der Waals surface area contributed by atoms with Crippen LogP contribution in [0.4, 0.5) is 5.69 Å². The van der Waals surface area contributed by atoms with Crippen molar-refractivity contribution in [3.8, 4) is 0 Å². The fraction of sp³-hybridized carbons (Fsp3) is 0.472. The van der Waals surface area contributed by atoms with Crippen LogP contribution < -0.4 is 10.6 Å². The van der Waals surface area contributed by atoms with E-state index in [-0.39, 0.29) is 5.91 Å². The third kappa shape index (κ3) is 8.54. The Balaban J connectivity index is 0.000000383. The molecule has 214 valence electrons. The van der Waals surface area contributed by atoms with E-state index in [4.69, 9.17) is 5.73 Å². The minimum Gasteiger partial charge on any atom is -0.329 e. The number of benzene rings is 3. The Bertz CT molecular complexity index is 1030. The van der Waals surface area contributed by atoms with Crippen LogP contribution in [0.3, 0.4) is 0 Å². The van der Waals surface area contributed by atoms with Crippen LogP contribution in [0.1, 0.15) is 110 Å². The molecule has 0 aliphatic carbocycles. The summed E-state index contributed by atoms with van der Waals surface area (Å²) in [4.78, 5) is 15.2. The lowest BCUT2D eigenvalue weighted by Crippen LogP contribution is -2.43. The van der Waals surface area contributed by atoms with E-state index in [2.05, 4.69) is 69.3 Å². The lowest BCUT2D eigenvalue weighted by atomic mass is 9.72. The molecule has 39 heavy (non-hydrogen) atoms. The fourth-order valence-electron chi connectivity index (χ4n) is 5.54. The highest BCUT2D eigenvalue weighted by Gasteiger charge is 2.50. The molecule has 0 bridgehead atoms. The van der Waals surface area contributed by atoms with Crippen LogP contribution in [0.2, 0.25) is 0 Å². The standard InChI is InChI=1S/C19H22N2O.C13H20.2C2H6/c1-2-12-19(15-8-4-3-5-9-15)16-10-6-7-11-17(16)21(14-13-20)18(19)22;1-3-8-12(9-4-2)13-10-6-5-7-11-13;2*1-2/h3-11H,2,12-14,20H2,1H3;5-7,10-12H,3-4,8-9H2,1-2H3;2*1-2H3. The van der Waals surface area contributed by atoms with E-state index in [9.17, 15) is 4.79 Å². The number of carbonyl (C=O) groups is 1. The van der Waals surface area contributed by atoms with Crippen LogP contribution >= 0.6 is 0 Å². The third-order valence-corrected chi connectivity index (χ3v) is 7.05. The lowest BCUT2D eigenvalue weighted by molar-refractivity contribution is -0.122. The molecule has 1 unspecified atom stereocenters. The van der Waals surface area contributed by atoms with E-state index >= 15 is 0 Å². The normalized spacial score (nSPS) is 15.3. The summed E-state index contributed by atoms with van der Waals surface area (Å²) in [6.45, 7) is 15.7. The second kappa shape index (κ2) is 19.2. The van der Waals surface area contributed by atoms with E-state index in [1.54, 1.807) is 0 Å². The molecule has 1 amide bonds. The molecule has 0 radical (unpaired) electrons. The van der Waals surface area contributed by atoms with Gasteiger partial charge >= 0.3 is 0 Å². The first kappa shape index (κ1) is 34.1. The summed E-state index contributed by atoms with van der Waals surface area (Å²) in [7, 11) is 0. The summed E-state index contributed by atoms with van der Waals surface area (Å²) in [6, 6.07) is 29.2. The maximum Gasteiger partial charge on any atom is 0.242 e. The van der Waals surface area contributed by atoms with Gasteiger partial charge in [0.15, 0.2) is 0 Å². The van der Waals surface area contributed by atoms with Crippen LogP contribution in [0, 0.1) is 0 Å². The Kier molecular flexibility index (Phi) is 16.8. The number of nitrogens with two attached hydrogens (primary N) is 1. The van der Waals surface area contributed by atoms with Crippen LogP contribution in [0.15, 0.2) is 84.9 Å². The number of hydrogen-bond donors (Lipinski definition) is 1. The fourth-order valence-corrected chi connectivity index (χ4v) is 5.54. The highest BCUT2D eigenvalue weighted by Crippen LogP contribution is 2.48. The zero-order chi connectivity index (χ0) is 29.1. The number of nitrogens with zero attached hydrogens (tertiary/aromatic N) is 1. The van der Waals surface area contributed by atoms with Gasteiger partial charge in [0.2, 0.25) is 5.91 Å². The van der Waals surface area contributed by atoms with Crippen LogP contribution in [0.5, 0.6) is 0 Å². The van der Waals surface area contributed by atoms with Gasteiger partial charge in [0.25, 0.3) is 0 Å². The Labute approximate surface area is 239 Å². The largest absolute Gasteiger partial charge is 0.329 e. The van der Waals surface area contributed by atoms with Gasteiger partial charge in [0, 0.05) is 18.8 Å². The molecular weight excluding hydrogens is 476 g/mol. The average molecular weight is 531 g/mol. The highest BCUT2D eigenvalue weighted by atomic mass is 16.2. The number of para-hydroxylation sites is 1. The molecular formula is C36H54N2O. The zero-order valence-corrected chi connectivity index (χ0v) is 25.7. The smallest absolute Gasteiger partial charge is 0.242 e. The van der Waals surface area contributed by atoms with Crippen LogP contribution in [0.25, 0.3) is 0 Å². The first-order valence-corrected chi connectivity index (χ1v) is 15.4. The van der Waals surface area contributed by atoms with Crippen LogP contribution in [-0.2, 0) is 10.2 Å². The molecule has 1 atom stereocenters. The van der Waals surface area contributed by atoms with Gasteiger partial charge in [0.05, 0.1) is 0 Å². The second-order valence-corrected chi connectivity index (χ2v) is 9.47. The highest BCUT2D eigenvalue weighted by molar-refractivity contribution is 6.10. The van der Waals surface area contributed by atoms with Crippen molar-refractivity contribution in [3.63, 3.8) is 0 Å². The van der Waals surface area contributed by atoms with Gasteiger partial charge in [-0.25, -0.2) is 0 Å². The number of hydrogen-bond acceptors (Lipinski definition) is 2. The average Bonchev–Trinajstić information content (AvgIpc) is 3.24. The van der Waals surface area contributed by atoms with E-state index < -0.39 is 5.41 Å². The summed E-state index contributed by atoms with van der Waals surface area (Å²) >= 11 is 0. The SMILES string of the molecule is CC.CC.CCCC(CCC)c1ccccc1.CCCC1(c2ccccc2)C(=O)N(CCN)c2ccccc21. The van der Waals surface area contributed by atoms with Gasteiger partial charge in [-0.05, 0) is 47.9 Å². The lowest BCUT2D eigenvalue weighted by Gasteiger charge is -2.29. The molecule has 0 saturated carbocycles. The molecule has 1 aliphatic rings. The molecule has 0 saturated heterocycles. The van der Waals surface area contributed by atoms with Crippen molar-refractivity contribution in [1.29, 1.82) is 0 Å². The zero-order valence-electron chi connectivity index (χ0n) is 25.7. The van der Waals surface area contributed by atoms with Crippen molar-refractivity contribution in [2.24, 2.45) is 5.73 Å². The molecule has 3 aromatic rings. The number of fused-ring (bicyclic) bond motifs is 1. The Morgan fingerprint density at radius 1 is 0.718 bits per heavy atom. The predicted octanol–water partition coefficient (Wildman–Crippen LogP) is 9.50. The van der Waals surface area contributed by atoms with Crippen molar-refractivity contribution in [2.45, 2.75) is 98.3 Å². The maximum atomic E-state index is 13.3. The summed E-state index contributed by atoms with van der Waals surface area (Å²) < 4.78 is 0. The van der Waals surface area contributed by atoms with Gasteiger partial charge in [-0.3, -0.25) is 4.79 Å².